The molecule has 0 bridgehead atoms. The molecule has 1 fully saturated rings. The average Bonchev–Trinajstić information content (AvgIpc) is 2.07. The average molecular weight is 173 g/mol. The number of aliphatic hydroxyl groups excluding tert-OH is 1. The largest absolute Gasteiger partial charge is 0.392 e. The summed E-state index contributed by atoms with van der Waals surface area (Å²) < 4.78 is 5.26. The van der Waals surface area contributed by atoms with Gasteiger partial charge in [0, 0.05) is 19.3 Å². The first-order valence-corrected chi connectivity index (χ1v) is 4.68. The minimum absolute atomic E-state index is 0.230. The fourth-order valence-electron chi connectivity index (χ4n) is 1.95. The Hall–Kier alpha value is -0.120. The van der Waals surface area contributed by atoms with E-state index >= 15 is 0 Å². The smallest absolute Gasteiger partial charge is 0.0667 e. The van der Waals surface area contributed by atoms with Crippen molar-refractivity contribution >= 4 is 0 Å². The highest BCUT2D eigenvalue weighted by Crippen LogP contribution is 2.20. The summed E-state index contributed by atoms with van der Waals surface area (Å²) in [7, 11) is 1.91. The van der Waals surface area contributed by atoms with E-state index in [-0.39, 0.29) is 12.1 Å². The van der Waals surface area contributed by atoms with Crippen LogP contribution in [0.25, 0.3) is 0 Å². The van der Waals surface area contributed by atoms with Crippen molar-refractivity contribution in [3.05, 3.63) is 0 Å². The van der Waals surface area contributed by atoms with Crippen LogP contribution in [0.3, 0.4) is 0 Å². The molecule has 0 aromatic carbocycles. The van der Waals surface area contributed by atoms with Crippen LogP contribution in [-0.4, -0.2) is 37.5 Å². The first-order chi connectivity index (χ1) is 5.75. The summed E-state index contributed by atoms with van der Waals surface area (Å²) in [5.74, 6) is 0.573. The van der Waals surface area contributed by atoms with Crippen LogP contribution in [0.15, 0.2) is 0 Å². The van der Waals surface area contributed by atoms with Crippen molar-refractivity contribution in [1.29, 1.82) is 0 Å². The number of nitrogens with one attached hydrogen (secondary N) is 1. The molecular weight excluding hydrogens is 154 g/mol. The minimum Gasteiger partial charge on any atom is -0.392 e. The first kappa shape index (κ1) is 9.96. The molecule has 1 aliphatic heterocycles. The molecular formula is C9H19NO2. The lowest BCUT2D eigenvalue weighted by atomic mass is 9.89. The molecule has 0 aliphatic carbocycles. The van der Waals surface area contributed by atoms with E-state index in [1.165, 1.54) is 0 Å². The summed E-state index contributed by atoms with van der Waals surface area (Å²) in [5, 5.41) is 12.6. The Morgan fingerprint density at radius 1 is 1.42 bits per heavy atom. The molecule has 12 heavy (non-hydrogen) atoms. The van der Waals surface area contributed by atoms with Crippen LogP contribution in [0.5, 0.6) is 0 Å². The topological polar surface area (TPSA) is 41.5 Å². The number of likely N-dealkylation sites (N-methyl/N-ethyl adjacent to an activating group) is 1. The Morgan fingerprint density at radius 2 is 2.00 bits per heavy atom. The number of aliphatic hydroxyl groups is 1. The fourth-order valence-corrected chi connectivity index (χ4v) is 1.95. The third-order valence-corrected chi connectivity index (χ3v) is 2.63. The van der Waals surface area contributed by atoms with Gasteiger partial charge in [-0.25, -0.2) is 0 Å². The summed E-state index contributed by atoms with van der Waals surface area (Å²) in [6.07, 6.45) is 1.87. The summed E-state index contributed by atoms with van der Waals surface area (Å²) in [5.41, 5.74) is 0. The van der Waals surface area contributed by atoms with Crippen LogP contribution in [0.4, 0.5) is 0 Å². The van der Waals surface area contributed by atoms with Crippen molar-refractivity contribution in [1.82, 2.24) is 5.32 Å². The van der Waals surface area contributed by atoms with Crippen LogP contribution in [0.1, 0.15) is 19.8 Å². The Labute approximate surface area is 74.1 Å². The van der Waals surface area contributed by atoms with E-state index < -0.39 is 0 Å². The van der Waals surface area contributed by atoms with Gasteiger partial charge in [-0.05, 0) is 32.7 Å². The summed E-state index contributed by atoms with van der Waals surface area (Å²) in [4.78, 5) is 0. The zero-order valence-corrected chi connectivity index (χ0v) is 7.92. The molecule has 0 amide bonds. The van der Waals surface area contributed by atoms with Gasteiger partial charge in [-0.1, -0.05) is 0 Å². The number of hydrogen-bond acceptors (Lipinski definition) is 3. The van der Waals surface area contributed by atoms with Crippen molar-refractivity contribution in [2.75, 3.05) is 20.3 Å². The maximum absolute atomic E-state index is 9.46. The van der Waals surface area contributed by atoms with Gasteiger partial charge in [0.05, 0.1) is 6.10 Å². The Balaban J connectivity index is 2.40. The van der Waals surface area contributed by atoms with Gasteiger partial charge in [0.1, 0.15) is 0 Å². The summed E-state index contributed by atoms with van der Waals surface area (Å²) in [6, 6.07) is 0.230. The predicted octanol–water partition coefficient (Wildman–Crippen LogP) is 0.382. The van der Waals surface area contributed by atoms with E-state index in [1.54, 1.807) is 0 Å². The van der Waals surface area contributed by atoms with Gasteiger partial charge in [-0.2, -0.15) is 0 Å². The van der Waals surface area contributed by atoms with E-state index in [2.05, 4.69) is 5.32 Å². The van der Waals surface area contributed by atoms with E-state index in [0.29, 0.717) is 5.92 Å². The second kappa shape index (κ2) is 4.80. The third kappa shape index (κ3) is 2.44. The fraction of sp³-hybridized carbons (Fsp3) is 1.00. The van der Waals surface area contributed by atoms with Gasteiger partial charge in [0.15, 0.2) is 0 Å². The second-order valence-electron chi connectivity index (χ2n) is 3.50. The lowest BCUT2D eigenvalue weighted by Gasteiger charge is -2.31. The van der Waals surface area contributed by atoms with Crippen molar-refractivity contribution in [2.45, 2.75) is 31.9 Å². The van der Waals surface area contributed by atoms with Crippen LogP contribution in [0, 0.1) is 5.92 Å². The van der Waals surface area contributed by atoms with Crippen LogP contribution >= 0.6 is 0 Å². The van der Waals surface area contributed by atoms with Crippen molar-refractivity contribution in [3.63, 3.8) is 0 Å². The van der Waals surface area contributed by atoms with Crippen molar-refractivity contribution < 1.29 is 9.84 Å². The quantitative estimate of drug-likeness (QED) is 0.648. The van der Waals surface area contributed by atoms with Crippen LogP contribution < -0.4 is 5.32 Å². The molecule has 0 saturated carbocycles. The number of hydrogen-bond donors (Lipinski definition) is 2. The lowest BCUT2D eigenvalue weighted by Crippen LogP contribution is -2.44. The predicted molar refractivity (Wildman–Crippen MR) is 48.1 cm³/mol. The maximum Gasteiger partial charge on any atom is 0.0667 e. The van der Waals surface area contributed by atoms with Gasteiger partial charge in [0.2, 0.25) is 0 Å². The molecule has 3 nitrogen and oxygen atoms in total. The van der Waals surface area contributed by atoms with Crippen LogP contribution in [-0.2, 0) is 4.74 Å². The monoisotopic (exact) mass is 173 g/mol. The van der Waals surface area contributed by atoms with E-state index in [1.807, 2.05) is 14.0 Å². The Morgan fingerprint density at radius 3 is 2.42 bits per heavy atom. The van der Waals surface area contributed by atoms with Gasteiger partial charge in [-0.3, -0.25) is 0 Å². The highest BCUT2D eigenvalue weighted by atomic mass is 16.5. The molecule has 0 aromatic heterocycles. The standard InChI is InChI=1S/C9H19NO2/c1-7(11)9(10-2)8-3-5-12-6-4-8/h7-11H,3-6H2,1-2H3. The van der Waals surface area contributed by atoms with E-state index in [4.69, 9.17) is 4.74 Å². The molecule has 0 aromatic rings. The van der Waals surface area contributed by atoms with Crippen molar-refractivity contribution in [3.8, 4) is 0 Å². The summed E-state index contributed by atoms with van der Waals surface area (Å²) in [6.45, 7) is 3.53. The number of rotatable bonds is 3. The Kier molecular flexibility index (Phi) is 3.98. The molecule has 2 unspecified atom stereocenters. The van der Waals surface area contributed by atoms with Crippen LogP contribution in [0.2, 0.25) is 0 Å². The highest BCUT2D eigenvalue weighted by Gasteiger charge is 2.25. The van der Waals surface area contributed by atoms with Crippen molar-refractivity contribution in [2.24, 2.45) is 5.92 Å². The molecule has 1 rings (SSSR count). The normalized spacial score (nSPS) is 25.2. The zero-order chi connectivity index (χ0) is 8.97. The lowest BCUT2D eigenvalue weighted by molar-refractivity contribution is 0.0280. The molecule has 2 atom stereocenters. The second-order valence-corrected chi connectivity index (χ2v) is 3.50. The molecule has 0 radical (unpaired) electrons. The van der Waals surface area contributed by atoms with E-state index in [9.17, 15) is 5.11 Å². The molecule has 3 heteroatoms. The number of ether oxygens (including phenoxy) is 1. The summed E-state index contributed by atoms with van der Waals surface area (Å²) >= 11 is 0. The molecule has 1 saturated heterocycles. The Bertz CT molecular complexity index is 122. The SMILES string of the molecule is CNC(C(C)O)C1CCOCC1. The maximum atomic E-state index is 9.46. The first-order valence-electron chi connectivity index (χ1n) is 4.68. The molecule has 1 heterocycles. The third-order valence-electron chi connectivity index (χ3n) is 2.63. The van der Waals surface area contributed by atoms with E-state index in [0.717, 1.165) is 26.1 Å². The van der Waals surface area contributed by atoms with Gasteiger partial charge in [-0.15, -0.1) is 0 Å². The van der Waals surface area contributed by atoms with Gasteiger partial charge in [0.25, 0.3) is 0 Å². The molecule has 72 valence electrons. The molecule has 2 N–H and O–H groups in total. The minimum atomic E-state index is -0.266. The van der Waals surface area contributed by atoms with Gasteiger partial charge < -0.3 is 15.2 Å². The van der Waals surface area contributed by atoms with Gasteiger partial charge >= 0.3 is 0 Å². The molecule has 0 spiro atoms. The molecule has 1 aliphatic rings. The zero-order valence-electron chi connectivity index (χ0n) is 7.92. The highest BCUT2D eigenvalue weighted by molar-refractivity contribution is 4.81.